The van der Waals surface area contributed by atoms with Crippen LogP contribution in [0.1, 0.15) is 33.4 Å². The normalized spacial score (nSPS) is 16.9. The summed E-state index contributed by atoms with van der Waals surface area (Å²) in [7, 11) is 0. The van der Waals surface area contributed by atoms with Gasteiger partial charge in [-0.25, -0.2) is 14.6 Å². The van der Waals surface area contributed by atoms with E-state index in [0.29, 0.717) is 81.0 Å². The molecule has 272 valence electrons. The molecule has 50 heavy (non-hydrogen) atoms. The molecular weight excluding hydrogens is 646 g/mol. The molecule has 2 amide bonds. The third kappa shape index (κ3) is 11.3. The molecule has 2 atom stereocenters. The minimum atomic E-state index is -0.760. The van der Waals surface area contributed by atoms with E-state index in [1.807, 2.05) is 15.9 Å². The second-order valence-corrected chi connectivity index (χ2v) is 12.2. The lowest BCUT2D eigenvalue weighted by Crippen LogP contribution is -2.50. The molecule has 4 rings (SSSR count). The molecule has 3 aromatic rings. The third-order valence-corrected chi connectivity index (χ3v) is 8.33. The minimum Gasteiger partial charge on any atom is -0.464 e. The number of pyridine rings is 1. The minimum absolute atomic E-state index is 0.0939. The van der Waals surface area contributed by atoms with Crippen molar-refractivity contribution < 1.29 is 33.1 Å². The quantitative estimate of drug-likeness (QED) is 0.177. The number of amides is 2. The molecule has 2 aromatic heterocycles. The summed E-state index contributed by atoms with van der Waals surface area (Å²) in [6.07, 6.45) is 0. The Morgan fingerprint density at radius 3 is 1.88 bits per heavy atom. The average Bonchev–Trinajstić information content (AvgIpc) is 3.08. The van der Waals surface area contributed by atoms with Gasteiger partial charge in [0.15, 0.2) is 0 Å². The van der Waals surface area contributed by atoms with Crippen molar-refractivity contribution in [1.29, 1.82) is 0 Å². The summed E-state index contributed by atoms with van der Waals surface area (Å²) in [6, 6.07) is 9.11. The van der Waals surface area contributed by atoms with Gasteiger partial charge in [0.1, 0.15) is 17.7 Å². The summed E-state index contributed by atoms with van der Waals surface area (Å²) in [4.78, 5) is 74.0. The van der Waals surface area contributed by atoms with Crippen molar-refractivity contribution in [1.82, 2.24) is 35.6 Å². The molecule has 3 N–H and O–H groups in total. The third-order valence-electron chi connectivity index (χ3n) is 8.33. The van der Waals surface area contributed by atoms with Crippen LogP contribution in [0, 0.1) is 0 Å². The zero-order valence-electron chi connectivity index (χ0n) is 29.4. The number of ether oxygens (including phenoxy) is 2. The molecule has 0 unspecified atom stereocenters. The lowest BCUT2D eigenvalue weighted by Gasteiger charge is -2.31. The summed E-state index contributed by atoms with van der Waals surface area (Å²) < 4.78 is 16.1. The number of carbonyl (C=O) groups excluding carboxylic acids is 4. The number of hydrogen-bond acceptors (Lipinski definition) is 13. The molecule has 15 heteroatoms. The van der Waals surface area contributed by atoms with E-state index in [-0.39, 0.29) is 49.3 Å². The SMILES string of the molecule is CCOC(=O)[C@@H](C)NC(=O)CN1CCNCCN(CC(=O)N[C@H](C)C(=O)OCC)CCN(Cc2ccc3c(=O)c4ccccc4oc3n2)CC1. The first-order chi connectivity index (χ1) is 24.1. The Morgan fingerprint density at radius 2 is 1.32 bits per heavy atom. The van der Waals surface area contributed by atoms with Crippen LogP contribution in [0.15, 0.2) is 45.6 Å². The summed E-state index contributed by atoms with van der Waals surface area (Å²) in [6.45, 7) is 12.2. The number of benzene rings is 1. The van der Waals surface area contributed by atoms with Crippen LogP contribution in [0.2, 0.25) is 0 Å². The van der Waals surface area contributed by atoms with Crippen molar-refractivity contribution in [2.75, 3.05) is 78.7 Å². The largest absolute Gasteiger partial charge is 0.464 e. The number of fused-ring (bicyclic) bond motifs is 2. The maximum Gasteiger partial charge on any atom is 0.328 e. The molecule has 0 bridgehead atoms. The molecule has 3 heterocycles. The lowest BCUT2D eigenvalue weighted by molar-refractivity contribution is -0.147. The zero-order valence-corrected chi connectivity index (χ0v) is 29.4. The highest BCUT2D eigenvalue weighted by Crippen LogP contribution is 2.18. The summed E-state index contributed by atoms with van der Waals surface area (Å²) in [5, 5.41) is 9.74. The fraction of sp³-hybridized carbons (Fsp3) is 0.543. The Hall–Kier alpha value is -4.44. The Balaban J connectivity index is 1.50. The van der Waals surface area contributed by atoms with Crippen LogP contribution in [0.5, 0.6) is 0 Å². The number of carbonyl (C=O) groups is 4. The van der Waals surface area contributed by atoms with E-state index >= 15 is 0 Å². The molecule has 0 radical (unpaired) electrons. The van der Waals surface area contributed by atoms with E-state index in [9.17, 15) is 24.0 Å². The summed E-state index contributed by atoms with van der Waals surface area (Å²) in [5.41, 5.74) is 1.28. The van der Waals surface area contributed by atoms with Crippen molar-refractivity contribution in [3.63, 3.8) is 0 Å². The molecule has 1 fully saturated rings. The van der Waals surface area contributed by atoms with E-state index in [1.165, 1.54) is 0 Å². The molecule has 1 aliphatic rings. The Bertz CT molecular complexity index is 1630. The number of aromatic nitrogens is 1. The monoisotopic (exact) mass is 695 g/mol. The van der Waals surface area contributed by atoms with Gasteiger partial charge in [0.25, 0.3) is 0 Å². The van der Waals surface area contributed by atoms with E-state index in [2.05, 4.69) is 20.9 Å². The molecule has 1 aliphatic heterocycles. The van der Waals surface area contributed by atoms with Crippen molar-refractivity contribution in [3.05, 3.63) is 52.3 Å². The van der Waals surface area contributed by atoms with E-state index in [0.717, 1.165) is 0 Å². The van der Waals surface area contributed by atoms with Gasteiger partial charge in [-0.2, -0.15) is 0 Å². The highest BCUT2D eigenvalue weighted by Gasteiger charge is 2.22. The Kier molecular flexibility index (Phi) is 14.6. The van der Waals surface area contributed by atoms with Crippen LogP contribution in [-0.2, 0) is 35.2 Å². The van der Waals surface area contributed by atoms with Gasteiger partial charge in [0.05, 0.1) is 42.8 Å². The number of nitrogens with zero attached hydrogens (tertiary/aromatic N) is 4. The van der Waals surface area contributed by atoms with Gasteiger partial charge in [-0.05, 0) is 52.0 Å². The molecule has 1 aromatic carbocycles. The summed E-state index contributed by atoms with van der Waals surface area (Å²) in [5.74, 6) is -1.53. The predicted molar refractivity (Wildman–Crippen MR) is 187 cm³/mol. The molecule has 0 aliphatic carbocycles. The number of esters is 2. The maximum absolute atomic E-state index is 13.1. The van der Waals surface area contributed by atoms with Crippen LogP contribution in [0.25, 0.3) is 22.1 Å². The standard InChI is InChI=1S/C35H49N7O8/c1-5-48-34(46)24(3)37-30(43)22-40-15-13-36-14-16-41(23-31(44)38-25(4)35(47)49-6-2)18-20-42(19-17-40)21-26-11-12-28-32(45)27-9-7-8-10-29(27)50-33(28)39-26/h7-12,24-25,36H,5-6,13-23H2,1-4H3,(H,37,43)(H,38,44)/t24-,25-/m1/s1. The van der Waals surface area contributed by atoms with Gasteiger partial charge in [0, 0.05) is 58.9 Å². The van der Waals surface area contributed by atoms with Gasteiger partial charge in [-0.3, -0.25) is 29.1 Å². The van der Waals surface area contributed by atoms with Gasteiger partial charge < -0.3 is 29.8 Å². The first-order valence-electron chi connectivity index (χ1n) is 17.2. The van der Waals surface area contributed by atoms with Gasteiger partial charge in [-0.15, -0.1) is 0 Å². The maximum atomic E-state index is 13.1. The zero-order chi connectivity index (χ0) is 36.0. The smallest absolute Gasteiger partial charge is 0.328 e. The first kappa shape index (κ1) is 38.4. The van der Waals surface area contributed by atoms with E-state index in [4.69, 9.17) is 18.9 Å². The molecular formula is C35H49N7O8. The Labute approximate surface area is 291 Å². The molecule has 1 saturated heterocycles. The predicted octanol–water partition coefficient (Wildman–Crippen LogP) is 0.486. The van der Waals surface area contributed by atoms with Gasteiger partial charge >= 0.3 is 11.9 Å². The first-order valence-corrected chi connectivity index (χ1v) is 17.2. The van der Waals surface area contributed by atoms with Crippen LogP contribution in [0.3, 0.4) is 0 Å². The lowest BCUT2D eigenvalue weighted by atomic mass is 10.2. The molecule has 15 nitrogen and oxygen atoms in total. The fourth-order valence-corrected chi connectivity index (χ4v) is 5.65. The Morgan fingerprint density at radius 1 is 0.780 bits per heavy atom. The number of para-hydroxylation sites is 1. The van der Waals surface area contributed by atoms with Crippen molar-refractivity contribution in [3.8, 4) is 0 Å². The van der Waals surface area contributed by atoms with Crippen molar-refractivity contribution >= 4 is 45.8 Å². The second-order valence-electron chi connectivity index (χ2n) is 12.2. The topological polar surface area (TPSA) is 176 Å². The van der Waals surface area contributed by atoms with Crippen LogP contribution in [0.4, 0.5) is 0 Å². The number of hydrogen-bond donors (Lipinski definition) is 3. The second kappa shape index (κ2) is 19.1. The highest BCUT2D eigenvalue weighted by molar-refractivity contribution is 5.88. The van der Waals surface area contributed by atoms with Gasteiger partial charge in [0.2, 0.25) is 23.0 Å². The molecule has 0 spiro atoms. The number of nitrogens with one attached hydrogen (secondary N) is 3. The highest BCUT2D eigenvalue weighted by atomic mass is 16.5. The van der Waals surface area contributed by atoms with Crippen molar-refractivity contribution in [2.24, 2.45) is 0 Å². The fourth-order valence-electron chi connectivity index (χ4n) is 5.65. The van der Waals surface area contributed by atoms with Crippen molar-refractivity contribution in [2.45, 2.75) is 46.3 Å². The van der Waals surface area contributed by atoms with E-state index in [1.54, 1.807) is 58.0 Å². The van der Waals surface area contributed by atoms with Crippen LogP contribution in [-0.4, -0.2) is 134 Å². The van der Waals surface area contributed by atoms with Crippen LogP contribution < -0.4 is 21.4 Å². The van der Waals surface area contributed by atoms with Crippen LogP contribution >= 0.6 is 0 Å². The van der Waals surface area contributed by atoms with Gasteiger partial charge in [-0.1, -0.05) is 12.1 Å². The average molecular weight is 696 g/mol. The van der Waals surface area contributed by atoms with E-state index < -0.39 is 24.0 Å². The molecule has 0 saturated carbocycles. The summed E-state index contributed by atoms with van der Waals surface area (Å²) >= 11 is 0. The number of rotatable bonds is 12.